The van der Waals surface area contributed by atoms with E-state index in [1.165, 1.54) is 0 Å². The summed E-state index contributed by atoms with van der Waals surface area (Å²) in [5, 5.41) is 0. The van der Waals surface area contributed by atoms with Gasteiger partial charge in [-0.15, -0.1) is 0 Å². The minimum atomic E-state index is -1.41. The van der Waals surface area contributed by atoms with Crippen LogP contribution in [0.15, 0.2) is 12.1 Å². The first-order valence-electron chi connectivity index (χ1n) is 6.07. The molecule has 0 spiro atoms. The zero-order valence-electron chi connectivity index (χ0n) is 10.3. The van der Waals surface area contributed by atoms with Crippen LogP contribution >= 0.6 is 0 Å². The summed E-state index contributed by atoms with van der Waals surface area (Å²) in [7, 11) is 0. The first kappa shape index (κ1) is 13.4. The quantitative estimate of drug-likeness (QED) is 0.825. The Balaban J connectivity index is 2.09. The van der Waals surface area contributed by atoms with Gasteiger partial charge in [0, 0.05) is 25.7 Å². The smallest absolute Gasteiger partial charge is 0.194 e. The van der Waals surface area contributed by atoms with E-state index in [2.05, 4.69) is 6.92 Å². The maximum Gasteiger partial charge on any atom is 0.194 e. The Bertz CT molecular complexity index is 403. The second kappa shape index (κ2) is 5.28. The summed E-state index contributed by atoms with van der Waals surface area (Å²) < 4.78 is 39.0. The Hall–Kier alpha value is -1.07. The summed E-state index contributed by atoms with van der Waals surface area (Å²) in [5.74, 6) is -3.23. The molecule has 5 heteroatoms. The topological polar surface area (TPSA) is 29.3 Å². The molecule has 1 aromatic carbocycles. The van der Waals surface area contributed by atoms with Gasteiger partial charge in [0.15, 0.2) is 17.5 Å². The van der Waals surface area contributed by atoms with E-state index in [0.29, 0.717) is 24.6 Å². The maximum atomic E-state index is 13.1. The molecule has 0 aliphatic carbocycles. The second-order valence-electron chi connectivity index (χ2n) is 5.17. The molecule has 2 unspecified atom stereocenters. The van der Waals surface area contributed by atoms with Gasteiger partial charge in [-0.2, -0.15) is 0 Å². The Morgan fingerprint density at radius 1 is 1.22 bits per heavy atom. The van der Waals surface area contributed by atoms with Gasteiger partial charge in [-0.1, -0.05) is 6.92 Å². The van der Waals surface area contributed by atoms with Crippen molar-refractivity contribution in [2.24, 2.45) is 11.7 Å². The molecule has 1 heterocycles. The van der Waals surface area contributed by atoms with Gasteiger partial charge in [0.25, 0.3) is 0 Å². The summed E-state index contributed by atoms with van der Waals surface area (Å²) in [4.78, 5) is 2.05. The lowest BCUT2D eigenvalue weighted by molar-refractivity contribution is 0.158. The molecule has 1 fully saturated rings. The van der Waals surface area contributed by atoms with Gasteiger partial charge in [0.05, 0.1) is 0 Å². The fourth-order valence-corrected chi connectivity index (χ4v) is 2.60. The lowest BCUT2D eigenvalue weighted by atomic mass is 9.96. The highest BCUT2D eigenvalue weighted by atomic mass is 19.2. The average Bonchev–Trinajstić information content (AvgIpc) is 2.24. The third-order valence-electron chi connectivity index (χ3n) is 3.22. The predicted molar refractivity (Wildman–Crippen MR) is 63.3 cm³/mol. The van der Waals surface area contributed by atoms with E-state index in [1.54, 1.807) is 0 Å². The SMILES string of the molecule is CC1CC(N)CN(Cc2cc(F)c(F)c(F)c2)C1. The summed E-state index contributed by atoms with van der Waals surface area (Å²) in [6.07, 6.45) is 0.961. The molecular formula is C13H17F3N2. The highest BCUT2D eigenvalue weighted by Gasteiger charge is 2.22. The fraction of sp³-hybridized carbons (Fsp3) is 0.538. The minimum Gasteiger partial charge on any atom is -0.327 e. The zero-order valence-corrected chi connectivity index (χ0v) is 10.3. The molecule has 0 amide bonds. The van der Waals surface area contributed by atoms with Crippen molar-refractivity contribution in [1.82, 2.24) is 4.90 Å². The van der Waals surface area contributed by atoms with Gasteiger partial charge in [-0.25, -0.2) is 13.2 Å². The molecule has 1 aliphatic heterocycles. The van der Waals surface area contributed by atoms with Crippen molar-refractivity contribution < 1.29 is 13.2 Å². The van der Waals surface area contributed by atoms with E-state index >= 15 is 0 Å². The van der Waals surface area contributed by atoms with Crippen molar-refractivity contribution in [3.8, 4) is 0 Å². The summed E-state index contributed by atoms with van der Waals surface area (Å²) in [5.41, 5.74) is 6.34. The highest BCUT2D eigenvalue weighted by molar-refractivity contribution is 5.19. The van der Waals surface area contributed by atoms with Crippen LogP contribution in [0.1, 0.15) is 18.9 Å². The van der Waals surface area contributed by atoms with Gasteiger partial charge in [0.2, 0.25) is 0 Å². The average molecular weight is 258 g/mol. The van der Waals surface area contributed by atoms with Crippen LogP contribution in [0.3, 0.4) is 0 Å². The van der Waals surface area contributed by atoms with Gasteiger partial charge >= 0.3 is 0 Å². The number of halogens is 3. The molecule has 1 aliphatic rings. The van der Waals surface area contributed by atoms with Crippen LogP contribution < -0.4 is 5.73 Å². The second-order valence-corrected chi connectivity index (χ2v) is 5.17. The van der Waals surface area contributed by atoms with E-state index < -0.39 is 17.5 Å². The number of nitrogens with zero attached hydrogens (tertiary/aromatic N) is 1. The van der Waals surface area contributed by atoms with Crippen LogP contribution in [-0.2, 0) is 6.54 Å². The number of piperidine rings is 1. The van der Waals surface area contributed by atoms with Crippen molar-refractivity contribution >= 4 is 0 Å². The van der Waals surface area contributed by atoms with E-state index in [9.17, 15) is 13.2 Å². The number of likely N-dealkylation sites (tertiary alicyclic amines) is 1. The predicted octanol–water partition coefficient (Wildman–Crippen LogP) is 2.27. The molecule has 1 aromatic rings. The molecule has 2 atom stereocenters. The molecule has 18 heavy (non-hydrogen) atoms. The van der Waals surface area contributed by atoms with Gasteiger partial charge in [0.1, 0.15) is 0 Å². The molecule has 1 saturated heterocycles. The third kappa shape index (κ3) is 3.03. The summed E-state index contributed by atoms with van der Waals surface area (Å²) in [6, 6.07) is 2.18. The Morgan fingerprint density at radius 3 is 2.39 bits per heavy atom. The van der Waals surface area contributed by atoms with Crippen LogP contribution in [0.4, 0.5) is 13.2 Å². The normalized spacial score (nSPS) is 25.4. The number of hydrogen-bond donors (Lipinski definition) is 1. The largest absolute Gasteiger partial charge is 0.327 e. The molecule has 2 nitrogen and oxygen atoms in total. The lowest BCUT2D eigenvalue weighted by Gasteiger charge is -2.34. The molecule has 2 rings (SSSR count). The molecule has 0 bridgehead atoms. The molecule has 0 saturated carbocycles. The number of nitrogens with two attached hydrogens (primary N) is 1. The monoisotopic (exact) mass is 258 g/mol. The van der Waals surface area contributed by atoms with Crippen LogP contribution in [0.5, 0.6) is 0 Å². The fourth-order valence-electron chi connectivity index (χ4n) is 2.60. The van der Waals surface area contributed by atoms with Crippen molar-refractivity contribution in [3.05, 3.63) is 35.1 Å². The first-order chi connectivity index (χ1) is 8.45. The van der Waals surface area contributed by atoms with E-state index in [0.717, 1.165) is 25.1 Å². The Morgan fingerprint density at radius 2 is 1.83 bits per heavy atom. The Kier molecular flexibility index (Phi) is 3.92. The minimum absolute atomic E-state index is 0.0869. The summed E-state index contributed by atoms with van der Waals surface area (Å²) in [6.45, 7) is 4.03. The van der Waals surface area contributed by atoms with Gasteiger partial charge in [-0.05, 0) is 30.0 Å². The van der Waals surface area contributed by atoms with E-state index in [4.69, 9.17) is 5.73 Å². The molecule has 0 radical (unpaired) electrons. The van der Waals surface area contributed by atoms with Crippen LogP contribution in [-0.4, -0.2) is 24.0 Å². The number of hydrogen-bond acceptors (Lipinski definition) is 2. The highest BCUT2D eigenvalue weighted by Crippen LogP contribution is 2.19. The van der Waals surface area contributed by atoms with Crippen LogP contribution in [0.2, 0.25) is 0 Å². The van der Waals surface area contributed by atoms with Gasteiger partial charge in [-0.3, -0.25) is 4.90 Å². The van der Waals surface area contributed by atoms with E-state index in [-0.39, 0.29) is 6.04 Å². The van der Waals surface area contributed by atoms with Crippen molar-refractivity contribution in [2.75, 3.05) is 13.1 Å². The van der Waals surface area contributed by atoms with Crippen LogP contribution in [0, 0.1) is 23.4 Å². The maximum absolute atomic E-state index is 13.1. The molecule has 2 N–H and O–H groups in total. The molecular weight excluding hydrogens is 241 g/mol. The van der Waals surface area contributed by atoms with Crippen molar-refractivity contribution in [2.45, 2.75) is 25.9 Å². The Labute approximate surface area is 105 Å². The van der Waals surface area contributed by atoms with Crippen LogP contribution in [0.25, 0.3) is 0 Å². The standard InChI is InChI=1S/C13H17F3N2/c1-8-2-10(17)7-18(5-8)6-9-3-11(14)13(16)12(15)4-9/h3-4,8,10H,2,5-7,17H2,1H3. The first-order valence-corrected chi connectivity index (χ1v) is 6.07. The molecule has 100 valence electrons. The lowest BCUT2D eigenvalue weighted by Crippen LogP contribution is -2.45. The molecule has 0 aromatic heterocycles. The summed E-state index contributed by atoms with van der Waals surface area (Å²) >= 11 is 0. The van der Waals surface area contributed by atoms with Crippen molar-refractivity contribution in [3.63, 3.8) is 0 Å². The number of benzene rings is 1. The zero-order chi connectivity index (χ0) is 13.3. The third-order valence-corrected chi connectivity index (χ3v) is 3.22. The van der Waals surface area contributed by atoms with Crippen molar-refractivity contribution in [1.29, 1.82) is 0 Å². The van der Waals surface area contributed by atoms with Gasteiger partial charge < -0.3 is 5.73 Å². The van der Waals surface area contributed by atoms with E-state index in [1.807, 2.05) is 4.90 Å². The number of rotatable bonds is 2.